The van der Waals surface area contributed by atoms with Gasteiger partial charge in [-0.05, 0) is 24.5 Å². The Hall–Kier alpha value is -0.890. The van der Waals surface area contributed by atoms with Crippen LogP contribution in [0.3, 0.4) is 0 Å². The molecule has 1 aliphatic carbocycles. The normalized spacial score (nSPS) is 27.7. The maximum absolute atomic E-state index is 13.6. The van der Waals surface area contributed by atoms with Crippen molar-refractivity contribution in [2.24, 2.45) is 16.3 Å². The van der Waals surface area contributed by atoms with Crippen LogP contribution in [0.25, 0.3) is 0 Å². The van der Waals surface area contributed by atoms with Crippen LogP contribution in [0.15, 0.2) is 29.3 Å². The van der Waals surface area contributed by atoms with Gasteiger partial charge in [-0.25, -0.2) is 4.39 Å². The molecule has 0 aromatic heterocycles. The highest BCUT2D eigenvalue weighted by Crippen LogP contribution is 2.52. The zero-order chi connectivity index (χ0) is 16.4. The highest BCUT2D eigenvalue weighted by atomic mass is 127. The van der Waals surface area contributed by atoms with Crippen LogP contribution in [0.2, 0.25) is 0 Å². The lowest BCUT2D eigenvalue weighted by Crippen LogP contribution is -2.68. The first-order chi connectivity index (χ1) is 11.0. The predicted octanol–water partition coefficient (Wildman–Crippen LogP) is 2.96. The second-order valence-corrected chi connectivity index (χ2v) is 7.03. The summed E-state index contributed by atoms with van der Waals surface area (Å²) < 4.78 is 19.5. The molecule has 2 fully saturated rings. The molecule has 2 N–H and O–H groups in total. The minimum absolute atomic E-state index is 0. The first-order valence-corrected chi connectivity index (χ1v) is 8.36. The minimum atomic E-state index is -0.150. The molecule has 1 aromatic rings. The zero-order valence-corrected chi connectivity index (χ0v) is 16.8. The number of fused-ring (bicyclic) bond motifs is 1. The van der Waals surface area contributed by atoms with E-state index in [0.29, 0.717) is 31.0 Å². The van der Waals surface area contributed by atoms with Crippen molar-refractivity contribution in [1.29, 1.82) is 0 Å². The van der Waals surface area contributed by atoms with Gasteiger partial charge in [-0.1, -0.05) is 32.0 Å². The fourth-order valence-electron chi connectivity index (χ4n) is 3.98. The predicted molar refractivity (Wildman–Crippen MR) is 105 cm³/mol. The highest BCUT2D eigenvalue weighted by molar-refractivity contribution is 14.0. The Morgan fingerprint density at radius 3 is 2.83 bits per heavy atom. The monoisotopic (exact) mass is 447 g/mol. The summed E-state index contributed by atoms with van der Waals surface area (Å²) in [5.41, 5.74) is 0.841. The number of nitrogens with zero attached hydrogens (tertiary/aromatic N) is 1. The number of halogens is 2. The van der Waals surface area contributed by atoms with Crippen molar-refractivity contribution >= 4 is 29.9 Å². The van der Waals surface area contributed by atoms with Gasteiger partial charge >= 0.3 is 0 Å². The fraction of sp³-hybridized carbons (Fsp3) is 0.611. The Balaban J connectivity index is 0.00000208. The van der Waals surface area contributed by atoms with Crippen LogP contribution in [-0.2, 0) is 11.2 Å². The van der Waals surface area contributed by atoms with E-state index in [-0.39, 0.29) is 35.2 Å². The average Bonchev–Trinajstić information content (AvgIpc) is 2.99. The number of aliphatic imine (C=N–C) groups is 1. The molecule has 4 nitrogen and oxygen atoms in total. The molecule has 3 rings (SSSR count). The second kappa shape index (κ2) is 7.99. The third-order valence-corrected chi connectivity index (χ3v) is 5.26. The van der Waals surface area contributed by atoms with Crippen molar-refractivity contribution in [3.63, 3.8) is 0 Å². The van der Waals surface area contributed by atoms with Crippen LogP contribution < -0.4 is 10.6 Å². The smallest absolute Gasteiger partial charge is 0.191 e. The van der Waals surface area contributed by atoms with Crippen LogP contribution in [0.4, 0.5) is 4.39 Å². The van der Waals surface area contributed by atoms with Crippen LogP contribution >= 0.6 is 24.0 Å². The van der Waals surface area contributed by atoms with Crippen LogP contribution in [-0.4, -0.2) is 38.3 Å². The third-order valence-electron chi connectivity index (χ3n) is 5.26. The second-order valence-electron chi connectivity index (χ2n) is 7.03. The molecule has 24 heavy (non-hydrogen) atoms. The Bertz CT molecular complexity index is 593. The van der Waals surface area contributed by atoms with Crippen molar-refractivity contribution in [3.05, 3.63) is 35.6 Å². The molecule has 1 saturated heterocycles. The maximum Gasteiger partial charge on any atom is 0.191 e. The van der Waals surface area contributed by atoms with Gasteiger partial charge in [0.25, 0.3) is 0 Å². The SMILES string of the molecule is CN=C(NCCc1ccccc1F)NC1C2CCOC2C1(C)C.I. The molecule has 1 aromatic carbocycles. The molecule has 134 valence electrons. The number of hydrogen-bond acceptors (Lipinski definition) is 2. The molecule has 6 heteroatoms. The van der Waals surface area contributed by atoms with Crippen molar-refractivity contribution in [2.45, 2.75) is 38.8 Å². The average molecular weight is 447 g/mol. The Labute approximate surface area is 160 Å². The van der Waals surface area contributed by atoms with Crippen molar-refractivity contribution < 1.29 is 9.13 Å². The molecule has 3 atom stereocenters. The van der Waals surface area contributed by atoms with E-state index < -0.39 is 0 Å². The summed E-state index contributed by atoms with van der Waals surface area (Å²) >= 11 is 0. The van der Waals surface area contributed by atoms with Gasteiger partial charge in [0.15, 0.2) is 5.96 Å². The van der Waals surface area contributed by atoms with Crippen molar-refractivity contribution in [3.8, 4) is 0 Å². The van der Waals surface area contributed by atoms with Crippen LogP contribution in [0.5, 0.6) is 0 Å². The van der Waals surface area contributed by atoms with Crippen LogP contribution in [0.1, 0.15) is 25.8 Å². The third kappa shape index (κ3) is 3.69. The van der Waals surface area contributed by atoms with Crippen molar-refractivity contribution in [2.75, 3.05) is 20.2 Å². The van der Waals surface area contributed by atoms with Crippen LogP contribution in [0, 0.1) is 17.2 Å². The van der Waals surface area contributed by atoms with Gasteiger partial charge in [-0.3, -0.25) is 4.99 Å². The number of rotatable bonds is 4. The molecule has 3 unspecified atom stereocenters. The summed E-state index contributed by atoms with van der Waals surface area (Å²) in [7, 11) is 1.77. The molecular formula is C18H27FIN3O. The molecule has 0 bridgehead atoms. The molecule has 1 heterocycles. The summed E-state index contributed by atoms with van der Waals surface area (Å²) in [6, 6.07) is 7.27. The van der Waals surface area contributed by atoms with E-state index in [1.165, 1.54) is 6.07 Å². The first-order valence-electron chi connectivity index (χ1n) is 8.36. The standard InChI is InChI=1S/C18H26FN3O.HI/c1-18(2)15(13-9-11-23-16(13)18)22-17(20-3)21-10-8-12-6-4-5-7-14(12)19;/h4-7,13,15-16H,8-11H2,1-3H3,(H2,20,21,22);1H. The molecule has 0 amide bonds. The van der Waals surface area contributed by atoms with E-state index in [0.717, 1.165) is 24.6 Å². The van der Waals surface area contributed by atoms with Gasteiger partial charge in [0.2, 0.25) is 0 Å². The summed E-state index contributed by atoms with van der Waals surface area (Å²) in [5, 5.41) is 6.82. The number of hydrogen-bond donors (Lipinski definition) is 2. The first kappa shape index (κ1) is 19.4. The summed E-state index contributed by atoms with van der Waals surface area (Å²) in [6.45, 7) is 5.99. The van der Waals surface area contributed by atoms with E-state index in [1.54, 1.807) is 13.1 Å². The molecular weight excluding hydrogens is 420 g/mol. The van der Waals surface area contributed by atoms with E-state index in [9.17, 15) is 4.39 Å². The number of nitrogens with one attached hydrogen (secondary N) is 2. The van der Waals surface area contributed by atoms with Gasteiger partial charge in [-0.2, -0.15) is 0 Å². The van der Waals surface area contributed by atoms with E-state index >= 15 is 0 Å². The maximum atomic E-state index is 13.6. The fourth-order valence-corrected chi connectivity index (χ4v) is 3.98. The minimum Gasteiger partial charge on any atom is -0.377 e. The zero-order valence-electron chi connectivity index (χ0n) is 14.5. The lowest BCUT2D eigenvalue weighted by molar-refractivity contribution is -0.106. The molecule has 0 radical (unpaired) electrons. The van der Waals surface area contributed by atoms with Gasteiger partial charge < -0.3 is 15.4 Å². The summed E-state index contributed by atoms with van der Waals surface area (Å²) in [4.78, 5) is 4.30. The molecule has 0 spiro atoms. The van der Waals surface area contributed by atoms with Gasteiger partial charge in [-0.15, -0.1) is 24.0 Å². The van der Waals surface area contributed by atoms with Gasteiger partial charge in [0.05, 0.1) is 6.10 Å². The Kier molecular flexibility index (Phi) is 6.47. The van der Waals surface area contributed by atoms with Gasteiger partial charge in [0, 0.05) is 37.6 Å². The number of benzene rings is 1. The lowest BCUT2D eigenvalue weighted by Gasteiger charge is -2.54. The quantitative estimate of drug-likeness (QED) is 0.424. The molecule has 2 aliphatic rings. The Morgan fingerprint density at radius 1 is 1.38 bits per heavy atom. The number of guanidine groups is 1. The molecule has 1 aliphatic heterocycles. The number of ether oxygens (including phenoxy) is 1. The highest BCUT2D eigenvalue weighted by Gasteiger charge is 2.59. The summed E-state index contributed by atoms with van der Waals surface area (Å²) in [6.07, 6.45) is 2.10. The molecule has 1 saturated carbocycles. The Morgan fingerprint density at radius 2 is 2.12 bits per heavy atom. The van der Waals surface area contributed by atoms with E-state index in [4.69, 9.17) is 4.74 Å². The van der Waals surface area contributed by atoms with Crippen molar-refractivity contribution in [1.82, 2.24) is 10.6 Å². The largest absolute Gasteiger partial charge is 0.377 e. The van der Waals surface area contributed by atoms with E-state index in [2.05, 4.69) is 29.5 Å². The topological polar surface area (TPSA) is 45.7 Å². The lowest BCUT2D eigenvalue weighted by atomic mass is 9.57. The van der Waals surface area contributed by atoms with E-state index in [1.807, 2.05) is 12.1 Å². The van der Waals surface area contributed by atoms with Gasteiger partial charge in [0.1, 0.15) is 5.82 Å². The summed E-state index contributed by atoms with van der Waals surface area (Å²) in [5.74, 6) is 1.20.